The van der Waals surface area contributed by atoms with E-state index in [-0.39, 0.29) is 18.4 Å². The second kappa shape index (κ2) is 4.50. The van der Waals surface area contributed by atoms with Gasteiger partial charge >= 0.3 is 0 Å². The van der Waals surface area contributed by atoms with E-state index in [1.165, 1.54) is 0 Å². The predicted octanol–water partition coefficient (Wildman–Crippen LogP) is -6.93. The number of rotatable bonds is 0. The largest absolute Gasteiger partial charge is 1.00 e. The van der Waals surface area contributed by atoms with E-state index < -0.39 is 36.4 Å². The van der Waals surface area contributed by atoms with E-state index in [2.05, 4.69) is 5.73 Å². The van der Waals surface area contributed by atoms with E-state index in [4.69, 9.17) is 4.74 Å². The van der Waals surface area contributed by atoms with Crippen molar-refractivity contribution >= 4 is 0 Å². The van der Waals surface area contributed by atoms with Gasteiger partial charge < -0.3 is 43.3 Å². The first-order valence-electron chi connectivity index (χ1n) is 4.71. The van der Waals surface area contributed by atoms with Crippen molar-refractivity contribution in [3.05, 3.63) is 0 Å². The average molecular weight is 242 g/mol. The molecule has 0 amide bonds. The van der Waals surface area contributed by atoms with E-state index in [1.807, 2.05) is 0 Å². The van der Waals surface area contributed by atoms with Crippen molar-refractivity contribution in [3.8, 4) is 0 Å². The van der Waals surface area contributed by atoms with Crippen molar-refractivity contribution < 1.29 is 43.3 Å². The molecule has 1 saturated carbocycles. The van der Waals surface area contributed by atoms with Crippen LogP contribution < -0.4 is 18.1 Å². The highest BCUT2D eigenvalue weighted by Crippen LogP contribution is 2.33. The maximum atomic E-state index is 9.67. The topological polar surface area (TPSA) is 118 Å². The molecule has 90 valence electrons. The third-order valence-corrected chi connectivity index (χ3v) is 3.21. The van der Waals surface area contributed by atoms with Crippen LogP contribution in [-0.4, -0.2) is 63.6 Å². The van der Waals surface area contributed by atoms with Crippen LogP contribution in [0.5, 0.6) is 0 Å². The molecule has 1 aliphatic carbocycles. The van der Waals surface area contributed by atoms with E-state index >= 15 is 0 Å². The van der Waals surface area contributed by atoms with Gasteiger partial charge in [-0.25, -0.2) is 0 Å². The van der Waals surface area contributed by atoms with Crippen LogP contribution in [-0.2, 0) is 4.74 Å². The van der Waals surface area contributed by atoms with Crippen molar-refractivity contribution in [2.45, 2.75) is 36.6 Å². The van der Waals surface area contributed by atoms with Gasteiger partial charge in [0.05, 0.1) is 24.7 Å². The van der Waals surface area contributed by atoms with Gasteiger partial charge in [0.1, 0.15) is 24.4 Å². The van der Waals surface area contributed by atoms with Crippen molar-refractivity contribution in [1.29, 1.82) is 0 Å². The van der Waals surface area contributed by atoms with Gasteiger partial charge in [0.15, 0.2) is 0 Å². The molecular formula is C8H16ClNO5. The fourth-order valence-electron chi connectivity index (χ4n) is 2.35. The Bertz CT molecular complexity index is 231. The van der Waals surface area contributed by atoms with Gasteiger partial charge in [0.2, 0.25) is 0 Å². The molecule has 0 aromatic heterocycles. The molecule has 7 atom stereocenters. The Morgan fingerprint density at radius 2 is 1.47 bits per heavy atom. The zero-order chi connectivity index (χ0) is 10.5. The summed E-state index contributed by atoms with van der Waals surface area (Å²) in [6, 6.07) is -0.160. The van der Waals surface area contributed by atoms with Crippen molar-refractivity contribution in [1.82, 2.24) is 0 Å². The summed E-state index contributed by atoms with van der Waals surface area (Å²) in [6.45, 7) is 0.336. The molecule has 1 saturated heterocycles. The van der Waals surface area contributed by atoms with Crippen LogP contribution in [0.15, 0.2) is 0 Å². The van der Waals surface area contributed by atoms with Crippen molar-refractivity contribution in [2.24, 2.45) is 5.92 Å². The minimum Gasteiger partial charge on any atom is -1.00 e. The van der Waals surface area contributed by atoms with E-state index in [0.717, 1.165) is 0 Å². The van der Waals surface area contributed by atoms with Crippen LogP contribution in [0.3, 0.4) is 0 Å². The Morgan fingerprint density at radius 1 is 0.933 bits per heavy atom. The van der Waals surface area contributed by atoms with Gasteiger partial charge in [-0.1, -0.05) is 0 Å². The highest BCUT2D eigenvalue weighted by molar-refractivity contribution is 5.03. The highest BCUT2D eigenvalue weighted by Gasteiger charge is 2.55. The first-order chi connectivity index (χ1) is 6.54. The minimum absolute atomic E-state index is 0. The molecule has 0 aromatic rings. The fraction of sp³-hybridized carbons (Fsp3) is 1.00. The highest BCUT2D eigenvalue weighted by atomic mass is 35.5. The van der Waals surface area contributed by atoms with Crippen LogP contribution in [0, 0.1) is 5.92 Å². The summed E-state index contributed by atoms with van der Waals surface area (Å²) < 4.78 is 5.23. The summed E-state index contributed by atoms with van der Waals surface area (Å²) in [5, 5.41) is 38.1. The number of quaternary nitrogens is 1. The predicted molar refractivity (Wildman–Crippen MR) is 43.9 cm³/mol. The molecule has 0 unspecified atom stereocenters. The first-order valence-corrected chi connectivity index (χ1v) is 4.71. The first kappa shape index (κ1) is 13.1. The molecule has 0 aromatic carbocycles. The molecular weight excluding hydrogens is 226 g/mol. The number of fused-ring (bicyclic) bond motifs is 1. The van der Waals surface area contributed by atoms with Gasteiger partial charge in [0.25, 0.3) is 0 Å². The molecule has 2 aliphatic rings. The number of hydrogen-bond acceptors (Lipinski definition) is 5. The van der Waals surface area contributed by atoms with Crippen LogP contribution in [0.25, 0.3) is 0 Å². The average Bonchev–Trinajstić information content (AvgIpc) is 2.54. The molecule has 0 radical (unpaired) electrons. The normalized spacial score (nSPS) is 54.6. The molecule has 2 rings (SSSR count). The number of ether oxygens (including phenoxy) is 1. The van der Waals surface area contributed by atoms with Gasteiger partial charge in [-0.3, -0.25) is 0 Å². The minimum atomic E-state index is -1.35. The Morgan fingerprint density at radius 3 is 2.07 bits per heavy atom. The van der Waals surface area contributed by atoms with Crippen molar-refractivity contribution in [2.75, 3.05) is 6.61 Å². The summed E-state index contributed by atoms with van der Waals surface area (Å²) in [6.07, 6.45) is -5.52. The Labute approximate surface area is 93.1 Å². The third-order valence-electron chi connectivity index (χ3n) is 3.21. The molecule has 7 N–H and O–H groups in total. The van der Waals surface area contributed by atoms with Crippen molar-refractivity contribution in [3.63, 3.8) is 0 Å². The molecule has 1 heterocycles. The zero-order valence-corrected chi connectivity index (χ0v) is 8.79. The van der Waals surface area contributed by atoms with Crippen LogP contribution in [0.2, 0.25) is 0 Å². The number of halogens is 1. The number of hydrogen-bond donors (Lipinski definition) is 5. The quantitative estimate of drug-likeness (QED) is 0.289. The van der Waals surface area contributed by atoms with Gasteiger partial charge in [-0.2, -0.15) is 0 Å². The second-order valence-corrected chi connectivity index (χ2v) is 4.10. The lowest BCUT2D eigenvalue weighted by Gasteiger charge is -2.40. The Balaban J connectivity index is 0.00000112. The van der Waals surface area contributed by atoms with Gasteiger partial charge in [-0.15, -0.1) is 0 Å². The standard InChI is InChI=1S/C8H15NO5.ClH/c9-2-1-14-8-3(2)4(10)5(11)6(12)7(8)13;/h2-8,10-13H,1,9H2;1H/t2-,3+,4-,5+,6-,7+,8+;/m1./s1. The number of aliphatic hydroxyl groups excluding tert-OH is 4. The van der Waals surface area contributed by atoms with Gasteiger partial charge in [0, 0.05) is 0 Å². The molecule has 0 spiro atoms. The van der Waals surface area contributed by atoms with E-state index in [9.17, 15) is 20.4 Å². The molecule has 15 heavy (non-hydrogen) atoms. The Hall–Kier alpha value is 0.0500. The van der Waals surface area contributed by atoms with Crippen LogP contribution >= 0.6 is 0 Å². The molecule has 0 bridgehead atoms. The van der Waals surface area contributed by atoms with E-state index in [1.54, 1.807) is 0 Å². The summed E-state index contributed by atoms with van der Waals surface area (Å²) >= 11 is 0. The fourth-order valence-corrected chi connectivity index (χ4v) is 2.35. The van der Waals surface area contributed by atoms with Crippen LogP contribution in [0.4, 0.5) is 0 Å². The molecule has 1 aliphatic heterocycles. The lowest BCUT2D eigenvalue weighted by Crippen LogP contribution is -3.00. The van der Waals surface area contributed by atoms with Crippen LogP contribution in [0.1, 0.15) is 0 Å². The molecule has 7 heteroatoms. The van der Waals surface area contributed by atoms with Gasteiger partial charge in [-0.05, 0) is 0 Å². The third kappa shape index (κ3) is 1.87. The summed E-state index contributed by atoms with van der Waals surface area (Å²) in [7, 11) is 0. The summed E-state index contributed by atoms with van der Waals surface area (Å²) in [4.78, 5) is 0. The maximum absolute atomic E-state index is 9.67. The zero-order valence-electron chi connectivity index (χ0n) is 8.03. The SMILES string of the molecule is [Cl-].[NH3+][C@@H]1CO[C@@H]2[C@@H](O)[C@H](O)[C@@H](O)[C@H](O)[C@@H]21. The lowest BCUT2D eigenvalue weighted by molar-refractivity contribution is -0.433. The monoisotopic (exact) mass is 241 g/mol. The lowest BCUT2D eigenvalue weighted by atomic mass is 9.77. The Kier molecular flexibility index (Phi) is 3.94. The summed E-state index contributed by atoms with van der Waals surface area (Å²) in [5.41, 5.74) is 3.78. The molecule has 2 fully saturated rings. The maximum Gasteiger partial charge on any atom is 0.116 e. The van der Waals surface area contributed by atoms with E-state index in [0.29, 0.717) is 6.61 Å². The summed E-state index contributed by atoms with van der Waals surface area (Å²) in [5.74, 6) is -0.400. The smallest absolute Gasteiger partial charge is 0.116 e. The number of aliphatic hydroxyl groups is 4. The second-order valence-electron chi connectivity index (χ2n) is 4.10. The molecule has 6 nitrogen and oxygen atoms in total.